The van der Waals surface area contributed by atoms with Crippen molar-refractivity contribution < 1.29 is 13.2 Å². The van der Waals surface area contributed by atoms with Gasteiger partial charge in [-0.2, -0.15) is 0 Å². The number of alkyl halides is 2. The molecule has 0 saturated carbocycles. The lowest BCUT2D eigenvalue weighted by atomic mass is 9.90. The van der Waals surface area contributed by atoms with E-state index in [0.717, 1.165) is 42.8 Å². The fraction of sp³-hybridized carbons (Fsp3) is 0.476. The number of nitrogens with zero attached hydrogens (tertiary/aromatic N) is 3. The highest BCUT2D eigenvalue weighted by atomic mass is 19.3. The second-order valence-electron chi connectivity index (χ2n) is 7.68. The van der Waals surface area contributed by atoms with E-state index in [2.05, 4.69) is 23.8 Å². The van der Waals surface area contributed by atoms with Crippen molar-refractivity contribution in [1.29, 1.82) is 0 Å². The zero-order chi connectivity index (χ0) is 20.6. The molecule has 2 atom stereocenters. The zero-order valence-corrected chi connectivity index (χ0v) is 16.7. The van der Waals surface area contributed by atoms with E-state index in [0.29, 0.717) is 6.04 Å². The molecular formula is C21H27F3N4. The van der Waals surface area contributed by atoms with Gasteiger partial charge < -0.3 is 15.5 Å². The van der Waals surface area contributed by atoms with Crippen LogP contribution < -0.4 is 10.6 Å². The quantitative estimate of drug-likeness (QED) is 0.787. The molecule has 0 bridgehead atoms. The van der Waals surface area contributed by atoms with Crippen LogP contribution in [-0.4, -0.2) is 42.6 Å². The molecule has 1 aliphatic heterocycles. The van der Waals surface area contributed by atoms with Crippen LogP contribution in [0.4, 0.5) is 24.7 Å². The Morgan fingerprint density at radius 2 is 1.82 bits per heavy atom. The van der Waals surface area contributed by atoms with Gasteiger partial charge in [0.1, 0.15) is 11.6 Å². The van der Waals surface area contributed by atoms with Crippen molar-refractivity contribution >= 4 is 11.5 Å². The molecule has 0 spiro atoms. The molecule has 28 heavy (non-hydrogen) atoms. The zero-order valence-electron chi connectivity index (χ0n) is 16.7. The number of nitrogen functional groups attached to an aromatic ring is 1. The highest BCUT2D eigenvalue weighted by Crippen LogP contribution is 2.35. The van der Waals surface area contributed by atoms with E-state index >= 15 is 0 Å². The fourth-order valence-electron chi connectivity index (χ4n) is 3.99. The van der Waals surface area contributed by atoms with Gasteiger partial charge in [-0.1, -0.05) is 13.0 Å². The summed E-state index contributed by atoms with van der Waals surface area (Å²) in [6, 6.07) is 6.62. The Labute approximate surface area is 164 Å². The standard InChI is InChI=1S/C21H27F3N4/c1-12-11-27(4)7-8-28(12)19-6-5-16(14(3)26-19)13(2)17-9-15(25)10-18(20(17)22)21(23)24/h5-6,9-10,12-13,21H,7-8,11,25H2,1-4H3/t12-,13+/m0/s1. The molecule has 0 unspecified atom stereocenters. The highest BCUT2D eigenvalue weighted by Gasteiger charge is 2.25. The van der Waals surface area contributed by atoms with Gasteiger partial charge in [0.15, 0.2) is 0 Å². The van der Waals surface area contributed by atoms with Crippen LogP contribution in [0.1, 0.15) is 48.6 Å². The van der Waals surface area contributed by atoms with Crippen molar-refractivity contribution in [3.8, 4) is 0 Å². The van der Waals surface area contributed by atoms with Crippen LogP contribution in [0.2, 0.25) is 0 Å². The molecule has 152 valence electrons. The van der Waals surface area contributed by atoms with E-state index in [1.54, 1.807) is 6.92 Å². The van der Waals surface area contributed by atoms with Crippen molar-refractivity contribution in [2.45, 2.75) is 39.2 Å². The Bertz CT molecular complexity index is 856. The van der Waals surface area contributed by atoms with Crippen LogP contribution in [0.25, 0.3) is 0 Å². The number of anilines is 2. The molecule has 4 nitrogen and oxygen atoms in total. The number of pyridine rings is 1. The Morgan fingerprint density at radius 3 is 2.43 bits per heavy atom. The number of rotatable bonds is 4. The second-order valence-corrected chi connectivity index (χ2v) is 7.68. The van der Waals surface area contributed by atoms with E-state index in [-0.39, 0.29) is 11.3 Å². The number of hydrogen-bond donors (Lipinski definition) is 1. The first-order chi connectivity index (χ1) is 13.2. The summed E-state index contributed by atoms with van der Waals surface area (Å²) in [5.41, 5.74) is 6.95. The van der Waals surface area contributed by atoms with E-state index < -0.39 is 23.7 Å². The molecule has 2 heterocycles. The summed E-state index contributed by atoms with van der Waals surface area (Å²) in [6.45, 7) is 8.64. The van der Waals surface area contributed by atoms with Gasteiger partial charge in [-0.15, -0.1) is 0 Å². The van der Waals surface area contributed by atoms with Gasteiger partial charge in [0, 0.05) is 43.0 Å². The number of benzene rings is 1. The van der Waals surface area contributed by atoms with Gasteiger partial charge in [0.2, 0.25) is 0 Å². The van der Waals surface area contributed by atoms with Crippen LogP contribution in [0.5, 0.6) is 0 Å². The van der Waals surface area contributed by atoms with Crippen LogP contribution >= 0.6 is 0 Å². The van der Waals surface area contributed by atoms with Crippen molar-refractivity contribution in [2.24, 2.45) is 0 Å². The fourth-order valence-corrected chi connectivity index (χ4v) is 3.99. The number of likely N-dealkylation sites (N-methyl/N-ethyl adjacent to an activating group) is 1. The SMILES string of the molecule is Cc1nc(N2CCN(C)C[C@@H]2C)ccc1[C@@H](C)c1cc(N)cc(C(F)F)c1F. The number of halogens is 3. The first kappa shape index (κ1) is 20.5. The maximum absolute atomic E-state index is 14.7. The van der Waals surface area contributed by atoms with Crippen molar-refractivity contribution in [3.05, 3.63) is 52.5 Å². The van der Waals surface area contributed by atoms with E-state index in [1.807, 2.05) is 19.1 Å². The molecule has 1 aliphatic rings. The number of piperazine rings is 1. The van der Waals surface area contributed by atoms with E-state index in [4.69, 9.17) is 10.7 Å². The number of nitrogens with two attached hydrogens (primary N) is 1. The Balaban J connectivity index is 1.93. The van der Waals surface area contributed by atoms with E-state index in [9.17, 15) is 13.2 Å². The molecule has 0 amide bonds. The lowest BCUT2D eigenvalue weighted by Gasteiger charge is -2.39. The largest absolute Gasteiger partial charge is 0.399 e. The average molecular weight is 392 g/mol. The predicted octanol–water partition coefficient (Wildman–Crippen LogP) is 4.34. The maximum Gasteiger partial charge on any atom is 0.266 e. The van der Waals surface area contributed by atoms with Crippen LogP contribution in [-0.2, 0) is 0 Å². The first-order valence-electron chi connectivity index (χ1n) is 9.48. The number of aryl methyl sites for hydroxylation is 1. The van der Waals surface area contributed by atoms with E-state index in [1.165, 1.54) is 6.07 Å². The topological polar surface area (TPSA) is 45.4 Å². The second kappa shape index (κ2) is 7.99. The Kier molecular flexibility index (Phi) is 5.84. The molecule has 3 rings (SSSR count). The summed E-state index contributed by atoms with van der Waals surface area (Å²) >= 11 is 0. The summed E-state index contributed by atoms with van der Waals surface area (Å²) in [6.07, 6.45) is -2.91. The summed E-state index contributed by atoms with van der Waals surface area (Å²) in [5.74, 6) is -0.448. The molecule has 1 aromatic carbocycles. The smallest absolute Gasteiger partial charge is 0.266 e. The van der Waals surface area contributed by atoms with Gasteiger partial charge in [-0.3, -0.25) is 0 Å². The predicted molar refractivity (Wildman–Crippen MR) is 107 cm³/mol. The highest BCUT2D eigenvalue weighted by molar-refractivity contribution is 5.51. The molecule has 1 aromatic heterocycles. The van der Waals surface area contributed by atoms with Crippen molar-refractivity contribution in [1.82, 2.24) is 9.88 Å². The van der Waals surface area contributed by atoms with Gasteiger partial charge in [-0.05, 0) is 50.2 Å². The van der Waals surface area contributed by atoms with Gasteiger partial charge in [-0.25, -0.2) is 18.2 Å². The molecule has 1 fully saturated rings. The third-order valence-corrected chi connectivity index (χ3v) is 5.56. The summed E-state index contributed by atoms with van der Waals surface area (Å²) < 4.78 is 40.9. The third-order valence-electron chi connectivity index (χ3n) is 5.56. The maximum atomic E-state index is 14.7. The third kappa shape index (κ3) is 3.94. The lowest BCUT2D eigenvalue weighted by Crippen LogP contribution is -2.50. The van der Waals surface area contributed by atoms with Gasteiger partial charge in [0.05, 0.1) is 5.56 Å². The molecule has 0 aliphatic carbocycles. The molecule has 7 heteroatoms. The molecule has 2 aromatic rings. The summed E-state index contributed by atoms with van der Waals surface area (Å²) in [7, 11) is 2.10. The van der Waals surface area contributed by atoms with Crippen LogP contribution in [0, 0.1) is 12.7 Å². The minimum Gasteiger partial charge on any atom is -0.399 e. The number of aromatic nitrogens is 1. The minimum atomic E-state index is -2.91. The average Bonchev–Trinajstić information content (AvgIpc) is 2.62. The monoisotopic (exact) mass is 392 g/mol. The van der Waals surface area contributed by atoms with Crippen LogP contribution in [0.15, 0.2) is 24.3 Å². The molecule has 2 N–H and O–H groups in total. The minimum absolute atomic E-state index is 0.132. The van der Waals surface area contributed by atoms with Crippen LogP contribution in [0.3, 0.4) is 0 Å². The van der Waals surface area contributed by atoms with Crippen molar-refractivity contribution in [3.63, 3.8) is 0 Å². The molecule has 0 radical (unpaired) electrons. The molecule has 1 saturated heterocycles. The summed E-state index contributed by atoms with van der Waals surface area (Å²) in [4.78, 5) is 9.28. The first-order valence-corrected chi connectivity index (χ1v) is 9.48. The number of hydrogen-bond acceptors (Lipinski definition) is 4. The van der Waals surface area contributed by atoms with Crippen molar-refractivity contribution in [2.75, 3.05) is 37.3 Å². The van der Waals surface area contributed by atoms with Gasteiger partial charge in [0.25, 0.3) is 6.43 Å². The van der Waals surface area contributed by atoms with Gasteiger partial charge >= 0.3 is 0 Å². The Hall–Kier alpha value is -2.28. The molecular weight excluding hydrogens is 365 g/mol. The summed E-state index contributed by atoms with van der Waals surface area (Å²) in [5, 5.41) is 0. The Morgan fingerprint density at radius 1 is 1.14 bits per heavy atom. The normalized spacial score (nSPS) is 19.3. The lowest BCUT2D eigenvalue weighted by molar-refractivity contribution is 0.146.